The first-order chi connectivity index (χ1) is 8.09. The summed E-state index contributed by atoms with van der Waals surface area (Å²) in [5.74, 6) is 0. The fraction of sp³-hybridized carbons (Fsp3) is 0.111. The van der Waals surface area contributed by atoms with E-state index < -0.39 is 22.6 Å². The first-order valence-corrected chi connectivity index (χ1v) is 4.53. The van der Waals surface area contributed by atoms with Gasteiger partial charge in [0.1, 0.15) is 0 Å². The molecule has 0 atom stereocenters. The van der Waals surface area contributed by atoms with Crippen LogP contribution in [0.2, 0.25) is 0 Å². The monoisotopic (exact) mass is 240 g/mol. The number of aromatic nitrogens is 3. The molecule has 0 unspecified atom stereocenters. The minimum absolute atomic E-state index is 0.0237. The van der Waals surface area contributed by atoms with Gasteiger partial charge >= 0.3 is 0 Å². The number of rotatable bonds is 3. The number of non-ortho nitro benzene ring substituents is 1. The Kier molecular flexibility index (Phi) is 2.77. The average Bonchev–Trinajstić information content (AvgIpc) is 2.81. The van der Waals surface area contributed by atoms with Crippen LogP contribution < -0.4 is 0 Å². The van der Waals surface area contributed by atoms with Crippen LogP contribution in [0.25, 0.3) is 5.69 Å². The van der Waals surface area contributed by atoms with Crippen molar-refractivity contribution in [2.24, 2.45) is 0 Å². The van der Waals surface area contributed by atoms with Crippen LogP contribution in [0, 0.1) is 10.1 Å². The highest BCUT2D eigenvalue weighted by Crippen LogP contribution is 2.28. The summed E-state index contributed by atoms with van der Waals surface area (Å²) >= 11 is 0. The highest BCUT2D eigenvalue weighted by atomic mass is 19.3. The minimum atomic E-state index is -2.84. The Bertz CT molecular complexity index is 542. The molecule has 0 fully saturated rings. The summed E-state index contributed by atoms with van der Waals surface area (Å²) in [7, 11) is 0. The first kappa shape index (κ1) is 11.1. The number of halogens is 2. The van der Waals surface area contributed by atoms with Gasteiger partial charge < -0.3 is 0 Å². The maximum Gasteiger partial charge on any atom is 0.270 e. The third-order valence-electron chi connectivity index (χ3n) is 2.09. The quantitative estimate of drug-likeness (QED) is 0.608. The maximum atomic E-state index is 12.8. The van der Waals surface area contributed by atoms with E-state index in [1.807, 2.05) is 0 Å². The Labute approximate surface area is 93.6 Å². The van der Waals surface area contributed by atoms with E-state index in [2.05, 4.69) is 10.2 Å². The highest BCUT2D eigenvalue weighted by molar-refractivity contribution is 5.48. The topological polar surface area (TPSA) is 73.8 Å². The van der Waals surface area contributed by atoms with Crippen LogP contribution >= 0.6 is 0 Å². The lowest BCUT2D eigenvalue weighted by molar-refractivity contribution is -0.385. The summed E-state index contributed by atoms with van der Waals surface area (Å²) in [6.45, 7) is 0. The van der Waals surface area contributed by atoms with Gasteiger partial charge in [0.25, 0.3) is 12.1 Å². The van der Waals surface area contributed by atoms with Gasteiger partial charge in [-0.25, -0.2) is 8.78 Å². The molecule has 0 spiro atoms. The Hall–Kier alpha value is -2.38. The van der Waals surface area contributed by atoms with E-state index in [4.69, 9.17) is 0 Å². The molecular weight excluding hydrogens is 234 g/mol. The fourth-order valence-corrected chi connectivity index (χ4v) is 1.35. The van der Waals surface area contributed by atoms with Gasteiger partial charge in [0, 0.05) is 12.1 Å². The van der Waals surface area contributed by atoms with Crippen LogP contribution in [0.5, 0.6) is 0 Å². The van der Waals surface area contributed by atoms with Gasteiger partial charge in [-0.05, 0) is 6.07 Å². The number of hydrogen-bond acceptors (Lipinski definition) is 4. The lowest BCUT2D eigenvalue weighted by Gasteiger charge is -2.06. The Balaban J connectivity index is 2.57. The molecule has 88 valence electrons. The molecule has 0 amide bonds. The molecule has 0 aliphatic rings. The zero-order valence-electron chi connectivity index (χ0n) is 8.33. The van der Waals surface area contributed by atoms with E-state index in [0.29, 0.717) is 0 Å². The van der Waals surface area contributed by atoms with Crippen LogP contribution in [0.4, 0.5) is 14.5 Å². The van der Waals surface area contributed by atoms with E-state index >= 15 is 0 Å². The summed E-state index contributed by atoms with van der Waals surface area (Å²) in [4.78, 5) is 10.8. The Morgan fingerprint density at radius 3 is 2.47 bits per heavy atom. The summed E-state index contributed by atoms with van der Waals surface area (Å²) in [5, 5.41) is 17.9. The lowest BCUT2D eigenvalue weighted by atomic mass is 10.1. The smallest absolute Gasteiger partial charge is 0.258 e. The van der Waals surface area contributed by atoms with Crippen molar-refractivity contribution in [1.82, 2.24) is 15.0 Å². The second-order valence-corrected chi connectivity index (χ2v) is 3.12. The number of nitrogens with zero attached hydrogens (tertiary/aromatic N) is 4. The third kappa shape index (κ3) is 2.10. The molecule has 17 heavy (non-hydrogen) atoms. The largest absolute Gasteiger partial charge is 0.270 e. The van der Waals surface area contributed by atoms with E-state index in [1.54, 1.807) is 0 Å². The van der Waals surface area contributed by atoms with Gasteiger partial charge in [-0.15, -0.1) is 0 Å². The molecule has 0 saturated carbocycles. The molecule has 0 aliphatic heterocycles. The van der Waals surface area contributed by atoms with Crippen molar-refractivity contribution in [2.75, 3.05) is 0 Å². The highest BCUT2D eigenvalue weighted by Gasteiger charge is 2.19. The molecule has 1 aromatic heterocycles. The maximum absolute atomic E-state index is 12.8. The Morgan fingerprint density at radius 2 is 1.94 bits per heavy atom. The van der Waals surface area contributed by atoms with Gasteiger partial charge in [0.15, 0.2) is 0 Å². The second-order valence-electron chi connectivity index (χ2n) is 3.12. The molecule has 0 N–H and O–H groups in total. The van der Waals surface area contributed by atoms with Crippen LogP contribution in [-0.2, 0) is 0 Å². The number of hydrogen-bond donors (Lipinski definition) is 0. The van der Waals surface area contributed by atoms with Crippen molar-refractivity contribution in [1.29, 1.82) is 0 Å². The van der Waals surface area contributed by atoms with Gasteiger partial charge in [-0.1, -0.05) is 0 Å². The van der Waals surface area contributed by atoms with E-state index in [0.717, 1.165) is 16.9 Å². The zero-order chi connectivity index (χ0) is 12.4. The lowest BCUT2D eigenvalue weighted by Crippen LogP contribution is -2.04. The van der Waals surface area contributed by atoms with E-state index in [-0.39, 0.29) is 5.69 Å². The first-order valence-electron chi connectivity index (χ1n) is 4.53. The van der Waals surface area contributed by atoms with Crippen molar-refractivity contribution < 1.29 is 13.7 Å². The van der Waals surface area contributed by atoms with Crippen molar-refractivity contribution in [3.63, 3.8) is 0 Å². The van der Waals surface area contributed by atoms with Crippen LogP contribution in [-0.4, -0.2) is 19.9 Å². The van der Waals surface area contributed by atoms with E-state index in [1.165, 1.54) is 18.5 Å². The van der Waals surface area contributed by atoms with E-state index in [9.17, 15) is 18.9 Å². The number of nitro benzene ring substituents is 1. The molecular formula is C9H6F2N4O2. The van der Waals surface area contributed by atoms with Crippen LogP contribution in [0.15, 0.2) is 30.6 Å². The zero-order valence-corrected chi connectivity index (χ0v) is 8.33. The SMILES string of the molecule is O=[N+]([O-])c1ccc(-n2nccn2)c(C(F)F)c1. The minimum Gasteiger partial charge on any atom is -0.258 e. The molecule has 0 bridgehead atoms. The van der Waals surface area contributed by atoms with Crippen LogP contribution in [0.3, 0.4) is 0 Å². The molecule has 1 aromatic carbocycles. The number of alkyl halides is 2. The van der Waals surface area contributed by atoms with Crippen molar-refractivity contribution in [3.8, 4) is 5.69 Å². The van der Waals surface area contributed by atoms with Crippen molar-refractivity contribution in [3.05, 3.63) is 46.3 Å². The van der Waals surface area contributed by atoms with Gasteiger partial charge in [-0.3, -0.25) is 10.1 Å². The predicted octanol–water partition coefficient (Wildman–Crippen LogP) is 2.11. The normalized spacial score (nSPS) is 10.8. The molecule has 2 rings (SSSR count). The Morgan fingerprint density at radius 1 is 1.29 bits per heavy atom. The molecule has 0 saturated heterocycles. The predicted molar refractivity (Wildman–Crippen MR) is 53.0 cm³/mol. The summed E-state index contributed by atoms with van der Waals surface area (Å²) in [6.07, 6.45) is -0.177. The molecule has 8 heteroatoms. The molecule has 0 aliphatic carbocycles. The molecule has 6 nitrogen and oxygen atoms in total. The second kappa shape index (κ2) is 4.24. The number of benzene rings is 1. The van der Waals surface area contributed by atoms with Crippen molar-refractivity contribution >= 4 is 5.69 Å². The summed E-state index contributed by atoms with van der Waals surface area (Å²) < 4.78 is 25.5. The van der Waals surface area contributed by atoms with Gasteiger partial charge in [0.2, 0.25) is 0 Å². The molecule has 2 aromatic rings. The summed E-state index contributed by atoms with van der Waals surface area (Å²) in [5.41, 5.74) is -0.845. The standard InChI is InChI=1S/C9H6F2N4O2/c10-9(11)7-5-6(15(16)17)1-2-8(7)14-12-3-4-13-14/h1-5,9H. The molecule has 1 heterocycles. The third-order valence-corrected chi connectivity index (χ3v) is 2.09. The van der Waals surface area contributed by atoms with Gasteiger partial charge in [-0.2, -0.15) is 15.0 Å². The summed E-state index contributed by atoms with van der Waals surface area (Å²) in [6, 6.07) is 3.15. The van der Waals surface area contributed by atoms with Crippen LogP contribution in [0.1, 0.15) is 12.0 Å². The van der Waals surface area contributed by atoms with Crippen molar-refractivity contribution in [2.45, 2.75) is 6.43 Å². The number of nitro groups is 1. The van der Waals surface area contributed by atoms with Gasteiger partial charge in [0.05, 0.1) is 28.6 Å². The fourth-order valence-electron chi connectivity index (χ4n) is 1.35. The average molecular weight is 240 g/mol. The molecule has 0 radical (unpaired) electrons.